The van der Waals surface area contributed by atoms with Crippen LogP contribution < -0.4 is 10.5 Å². The Morgan fingerprint density at radius 3 is 2.56 bits per heavy atom. The van der Waals surface area contributed by atoms with Crippen molar-refractivity contribution >= 4 is 11.9 Å². The molecule has 0 saturated carbocycles. The molecule has 2 unspecified atom stereocenters. The third kappa shape index (κ3) is 2.92. The fraction of sp³-hybridized carbons (Fsp3) is 0.160. The van der Waals surface area contributed by atoms with Crippen LogP contribution in [0.1, 0.15) is 29.2 Å². The fourth-order valence-corrected chi connectivity index (χ4v) is 4.36. The van der Waals surface area contributed by atoms with Crippen molar-refractivity contribution in [1.29, 1.82) is 5.26 Å². The number of benzene rings is 3. The summed E-state index contributed by atoms with van der Waals surface area (Å²) >= 11 is 0. The highest BCUT2D eigenvalue weighted by atomic mass is 19.1. The molecule has 2 aliphatic heterocycles. The maximum Gasteiger partial charge on any atom is 0.261 e. The van der Waals surface area contributed by atoms with Gasteiger partial charge in [0, 0.05) is 19.0 Å². The minimum atomic E-state index is -1.22. The quantitative estimate of drug-likeness (QED) is 0.673. The summed E-state index contributed by atoms with van der Waals surface area (Å²) in [7, 11) is 1.60. The number of fused-ring (bicyclic) bond motifs is 2. The van der Waals surface area contributed by atoms with Gasteiger partial charge in [-0.25, -0.2) is 9.38 Å². The Bertz CT molecular complexity index is 1320. The summed E-state index contributed by atoms with van der Waals surface area (Å²) in [6, 6.07) is 21.3. The van der Waals surface area contributed by atoms with E-state index in [0.717, 1.165) is 11.1 Å². The predicted octanol–water partition coefficient (Wildman–Crippen LogP) is 3.87. The van der Waals surface area contributed by atoms with Gasteiger partial charge in [0.1, 0.15) is 23.7 Å². The van der Waals surface area contributed by atoms with E-state index in [1.165, 1.54) is 17.0 Å². The normalized spacial score (nSPS) is 21.7. The molecule has 0 bridgehead atoms. The second-order valence-corrected chi connectivity index (χ2v) is 7.93. The van der Waals surface area contributed by atoms with E-state index in [1.807, 2.05) is 48.5 Å². The third-order valence-corrected chi connectivity index (χ3v) is 6.07. The number of likely N-dealkylation sites (N-methyl/N-ethyl adjacent to an activating group) is 1. The molecule has 6 nitrogen and oxygen atoms in total. The number of carbonyl (C=O) groups is 1. The molecule has 2 aliphatic rings. The van der Waals surface area contributed by atoms with Crippen molar-refractivity contribution in [1.82, 2.24) is 4.90 Å². The largest absolute Gasteiger partial charge is 0.485 e. The predicted molar refractivity (Wildman–Crippen MR) is 117 cm³/mol. The van der Waals surface area contributed by atoms with Crippen molar-refractivity contribution < 1.29 is 13.9 Å². The fourth-order valence-electron chi connectivity index (χ4n) is 4.36. The van der Waals surface area contributed by atoms with Crippen LogP contribution in [0.5, 0.6) is 5.75 Å². The SMILES string of the molecule is CN1C(=O)C2(CC(c3ccccc3)Oc3ccc(-c4ccc(F)c(C#N)c4)cc32)N=C1N. The van der Waals surface area contributed by atoms with Crippen LogP contribution in [-0.4, -0.2) is 23.8 Å². The van der Waals surface area contributed by atoms with Gasteiger partial charge in [-0.15, -0.1) is 0 Å². The Kier molecular flexibility index (Phi) is 4.45. The lowest BCUT2D eigenvalue weighted by Gasteiger charge is -2.37. The Labute approximate surface area is 184 Å². The minimum absolute atomic E-state index is 0.0470. The van der Waals surface area contributed by atoms with E-state index in [2.05, 4.69) is 4.99 Å². The number of hydrogen-bond donors (Lipinski definition) is 1. The zero-order chi connectivity index (χ0) is 22.5. The highest BCUT2D eigenvalue weighted by Crippen LogP contribution is 2.50. The first-order chi connectivity index (χ1) is 15.4. The maximum absolute atomic E-state index is 13.8. The molecule has 158 valence electrons. The van der Waals surface area contributed by atoms with Crippen LogP contribution in [0, 0.1) is 17.1 Å². The van der Waals surface area contributed by atoms with E-state index < -0.39 is 11.4 Å². The number of guanidine groups is 1. The van der Waals surface area contributed by atoms with Gasteiger partial charge < -0.3 is 10.5 Å². The molecule has 0 aliphatic carbocycles. The van der Waals surface area contributed by atoms with E-state index in [9.17, 15) is 14.4 Å². The Balaban J connectivity index is 1.67. The molecule has 1 amide bonds. The molecule has 0 radical (unpaired) electrons. The molecule has 1 spiro atoms. The van der Waals surface area contributed by atoms with Crippen LogP contribution in [0.2, 0.25) is 0 Å². The first-order valence-electron chi connectivity index (χ1n) is 10.1. The second-order valence-electron chi connectivity index (χ2n) is 7.93. The van der Waals surface area contributed by atoms with Crippen LogP contribution in [-0.2, 0) is 10.3 Å². The lowest BCUT2D eigenvalue weighted by Crippen LogP contribution is -2.43. The van der Waals surface area contributed by atoms with Crippen molar-refractivity contribution in [2.24, 2.45) is 10.7 Å². The van der Waals surface area contributed by atoms with Crippen LogP contribution in [0.4, 0.5) is 4.39 Å². The van der Waals surface area contributed by atoms with E-state index in [-0.39, 0.29) is 23.5 Å². The highest BCUT2D eigenvalue weighted by molar-refractivity contribution is 6.07. The first-order valence-corrected chi connectivity index (χ1v) is 10.1. The number of aliphatic imine (C=N–C) groups is 1. The van der Waals surface area contributed by atoms with Gasteiger partial charge in [0.05, 0.1) is 5.56 Å². The van der Waals surface area contributed by atoms with Gasteiger partial charge >= 0.3 is 0 Å². The van der Waals surface area contributed by atoms with Gasteiger partial charge in [0.25, 0.3) is 5.91 Å². The number of carbonyl (C=O) groups excluding carboxylic acids is 1. The molecule has 2 atom stereocenters. The molecular weight excluding hydrogens is 407 g/mol. The van der Waals surface area contributed by atoms with Crippen molar-refractivity contribution in [3.05, 3.63) is 89.2 Å². The van der Waals surface area contributed by atoms with E-state index >= 15 is 0 Å². The maximum atomic E-state index is 13.8. The average Bonchev–Trinajstić information content (AvgIpc) is 3.03. The van der Waals surface area contributed by atoms with Crippen LogP contribution >= 0.6 is 0 Å². The topological polar surface area (TPSA) is 91.7 Å². The summed E-state index contributed by atoms with van der Waals surface area (Å²) in [5.41, 5.74) is 7.70. The van der Waals surface area contributed by atoms with Crippen LogP contribution in [0.25, 0.3) is 11.1 Å². The number of nitriles is 1. The van der Waals surface area contributed by atoms with Crippen LogP contribution in [0.3, 0.4) is 0 Å². The lowest BCUT2D eigenvalue weighted by molar-refractivity contribution is -0.132. The van der Waals surface area contributed by atoms with Gasteiger partial charge in [-0.1, -0.05) is 42.5 Å². The first kappa shape index (κ1) is 19.8. The Morgan fingerprint density at radius 2 is 1.88 bits per heavy atom. The molecular formula is C25H19FN4O2. The number of ether oxygens (including phenoxy) is 1. The molecule has 2 N–H and O–H groups in total. The third-order valence-electron chi connectivity index (χ3n) is 6.07. The minimum Gasteiger partial charge on any atom is -0.485 e. The highest BCUT2D eigenvalue weighted by Gasteiger charge is 2.53. The Hall–Kier alpha value is -4.18. The van der Waals surface area contributed by atoms with Gasteiger partial charge in [-0.05, 0) is 41.0 Å². The summed E-state index contributed by atoms with van der Waals surface area (Å²) in [6.45, 7) is 0. The van der Waals surface area contributed by atoms with E-state index in [4.69, 9.17) is 10.5 Å². The number of nitrogens with two attached hydrogens (primary N) is 1. The van der Waals surface area contributed by atoms with E-state index in [0.29, 0.717) is 23.3 Å². The smallest absolute Gasteiger partial charge is 0.261 e. The van der Waals surface area contributed by atoms with Crippen LogP contribution in [0.15, 0.2) is 71.7 Å². The molecule has 0 saturated heterocycles. The molecule has 2 heterocycles. The number of amides is 1. The van der Waals surface area contributed by atoms with Crippen molar-refractivity contribution in [3.63, 3.8) is 0 Å². The summed E-state index contributed by atoms with van der Waals surface area (Å²) < 4.78 is 20.1. The van der Waals surface area contributed by atoms with Crippen molar-refractivity contribution in [2.75, 3.05) is 7.05 Å². The summed E-state index contributed by atoms with van der Waals surface area (Å²) in [5.74, 6) is -0.121. The number of nitrogens with zero attached hydrogens (tertiary/aromatic N) is 3. The summed E-state index contributed by atoms with van der Waals surface area (Å²) in [6.07, 6.45) is -0.0814. The number of halogens is 1. The molecule has 5 rings (SSSR count). The second kappa shape index (κ2) is 7.20. The van der Waals surface area contributed by atoms with Gasteiger partial charge in [0.2, 0.25) is 0 Å². The summed E-state index contributed by atoms with van der Waals surface area (Å²) in [5, 5.41) is 9.19. The molecule has 0 aromatic heterocycles. The number of hydrogen-bond acceptors (Lipinski definition) is 5. The molecule has 32 heavy (non-hydrogen) atoms. The average molecular weight is 426 g/mol. The van der Waals surface area contributed by atoms with Gasteiger partial charge in [-0.3, -0.25) is 9.69 Å². The zero-order valence-corrected chi connectivity index (χ0v) is 17.2. The number of rotatable bonds is 2. The van der Waals surface area contributed by atoms with Gasteiger partial charge in [-0.2, -0.15) is 5.26 Å². The van der Waals surface area contributed by atoms with Crippen molar-refractivity contribution in [2.45, 2.75) is 18.1 Å². The van der Waals surface area contributed by atoms with E-state index in [1.54, 1.807) is 19.2 Å². The molecule has 3 aromatic rings. The Morgan fingerprint density at radius 1 is 1.16 bits per heavy atom. The lowest BCUT2D eigenvalue weighted by atomic mass is 9.79. The molecule has 7 heteroatoms. The molecule has 0 fully saturated rings. The zero-order valence-electron chi connectivity index (χ0n) is 17.2. The monoisotopic (exact) mass is 426 g/mol. The molecule has 3 aromatic carbocycles. The standard InChI is InChI=1S/C25H19FN4O2/c1-30-23(31)25(29-24(30)28)13-22(15-5-3-2-4-6-15)32-21-10-8-17(12-19(21)25)16-7-9-20(26)18(11-16)14-27/h2-12,22H,13H2,1H3,(H2,28,29). The van der Waals surface area contributed by atoms with Gasteiger partial charge in [0.15, 0.2) is 11.5 Å². The van der Waals surface area contributed by atoms with Crippen molar-refractivity contribution in [3.8, 4) is 22.9 Å². The summed E-state index contributed by atoms with van der Waals surface area (Å²) in [4.78, 5) is 19.4.